The fraction of sp³-hybridized carbons (Fsp3) is 0.200. The van der Waals surface area contributed by atoms with E-state index in [2.05, 4.69) is 20.0 Å². The van der Waals surface area contributed by atoms with Gasteiger partial charge in [-0.05, 0) is 36.8 Å². The Morgan fingerprint density at radius 3 is 2.48 bits per heavy atom. The quantitative estimate of drug-likeness (QED) is 0.866. The summed E-state index contributed by atoms with van der Waals surface area (Å²) < 4.78 is 4.57. The van der Waals surface area contributed by atoms with Crippen molar-refractivity contribution in [3.05, 3.63) is 59.7 Å². The maximum atomic E-state index is 12.1. The number of carbonyl (C=O) groups excluding carboxylic acids is 2. The van der Waals surface area contributed by atoms with Gasteiger partial charge < -0.3 is 10.1 Å². The Balaban J connectivity index is 2.05. The normalized spacial score (nSPS) is 11.5. The summed E-state index contributed by atoms with van der Waals surface area (Å²) in [6.45, 7) is 1.87. The molecule has 0 radical (unpaired) electrons. The number of aromatic nitrogens is 2. The van der Waals surface area contributed by atoms with E-state index >= 15 is 0 Å². The number of rotatable bonds is 4. The van der Waals surface area contributed by atoms with Crippen LogP contribution >= 0.6 is 0 Å². The number of pyridine rings is 2. The molecule has 2 heterocycles. The molecule has 6 nitrogen and oxygen atoms in total. The SMILES string of the molecule is COC(=O)c1ccc(C(=O)NC(C)c2ccncc2)nc1. The Labute approximate surface area is 122 Å². The number of hydrogen-bond donors (Lipinski definition) is 1. The summed E-state index contributed by atoms with van der Waals surface area (Å²) in [5, 5.41) is 2.83. The highest BCUT2D eigenvalue weighted by Gasteiger charge is 2.13. The van der Waals surface area contributed by atoms with Crippen LogP contribution in [0.2, 0.25) is 0 Å². The maximum absolute atomic E-state index is 12.1. The van der Waals surface area contributed by atoms with Crippen LogP contribution in [0.25, 0.3) is 0 Å². The first kappa shape index (κ1) is 14.6. The monoisotopic (exact) mass is 285 g/mol. The first-order chi connectivity index (χ1) is 10.1. The topological polar surface area (TPSA) is 81.2 Å². The summed E-state index contributed by atoms with van der Waals surface area (Å²) in [7, 11) is 1.29. The molecule has 0 fully saturated rings. The van der Waals surface area contributed by atoms with Gasteiger partial charge in [-0.1, -0.05) is 0 Å². The lowest BCUT2D eigenvalue weighted by Gasteiger charge is -2.13. The van der Waals surface area contributed by atoms with Gasteiger partial charge in [0, 0.05) is 18.6 Å². The number of hydrogen-bond acceptors (Lipinski definition) is 5. The van der Waals surface area contributed by atoms with E-state index < -0.39 is 5.97 Å². The van der Waals surface area contributed by atoms with Crippen molar-refractivity contribution in [3.63, 3.8) is 0 Å². The molecule has 21 heavy (non-hydrogen) atoms. The van der Waals surface area contributed by atoms with Crippen LogP contribution in [0, 0.1) is 0 Å². The Morgan fingerprint density at radius 1 is 1.19 bits per heavy atom. The average molecular weight is 285 g/mol. The highest BCUT2D eigenvalue weighted by molar-refractivity contribution is 5.94. The standard InChI is InChI=1S/C15H15N3O3/c1-10(11-5-7-16-8-6-11)18-14(19)13-4-3-12(9-17-13)15(20)21-2/h3-10H,1-2H3,(H,18,19). The van der Waals surface area contributed by atoms with Crippen molar-refractivity contribution in [2.24, 2.45) is 0 Å². The van der Waals surface area contributed by atoms with Crippen molar-refractivity contribution in [2.75, 3.05) is 7.11 Å². The molecule has 1 atom stereocenters. The number of carbonyl (C=O) groups is 2. The van der Waals surface area contributed by atoms with Crippen LogP contribution in [0.4, 0.5) is 0 Å². The number of esters is 1. The lowest BCUT2D eigenvalue weighted by Crippen LogP contribution is -2.27. The maximum Gasteiger partial charge on any atom is 0.339 e. The Kier molecular flexibility index (Phi) is 4.61. The van der Waals surface area contributed by atoms with Crippen molar-refractivity contribution < 1.29 is 14.3 Å². The molecule has 0 spiro atoms. The highest BCUT2D eigenvalue weighted by Crippen LogP contribution is 2.11. The Morgan fingerprint density at radius 2 is 1.90 bits per heavy atom. The Hall–Kier alpha value is -2.76. The second-order valence-corrected chi connectivity index (χ2v) is 4.40. The second kappa shape index (κ2) is 6.60. The van der Waals surface area contributed by atoms with Gasteiger partial charge in [0.2, 0.25) is 0 Å². The Bertz CT molecular complexity index is 626. The first-order valence-electron chi connectivity index (χ1n) is 6.37. The number of nitrogens with zero attached hydrogens (tertiary/aromatic N) is 2. The zero-order valence-corrected chi connectivity index (χ0v) is 11.7. The first-order valence-corrected chi connectivity index (χ1v) is 6.37. The van der Waals surface area contributed by atoms with E-state index in [0.29, 0.717) is 5.56 Å². The summed E-state index contributed by atoms with van der Waals surface area (Å²) in [6, 6.07) is 6.49. The third-order valence-electron chi connectivity index (χ3n) is 2.97. The van der Waals surface area contributed by atoms with Crippen LogP contribution in [-0.2, 0) is 4.74 Å². The van der Waals surface area contributed by atoms with Crippen molar-refractivity contribution >= 4 is 11.9 Å². The van der Waals surface area contributed by atoms with Crippen molar-refractivity contribution in [2.45, 2.75) is 13.0 Å². The fourth-order valence-corrected chi connectivity index (χ4v) is 1.77. The zero-order chi connectivity index (χ0) is 15.2. The molecule has 1 unspecified atom stereocenters. The second-order valence-electron chi connectivity index (χ2n) is 4.40. The number of amides is 1. The summed E-state index contributed by atoms with van der Waals surface area (Å²) in [4.78, 5) is 31.3. The molecule has 2 aromatic rings. The summed E-state index contributed by atoms with van der Waals surface area (Å²) >= 11 is 0. The van der Waals surface area contributed by atoms with Gasteiger partial charge in [0.1, 0.15) is 5.69 Å². The molecule has 0 aliphatic heterocycles. The van der Waals surface area contributed by atoms with E-state index in [1.165, 1.54) is 25.4 Å². The highest BCUT2D eigenvalue weighted by atomic mass is 16.5. The third kappa shape index (κ3) is 3.62. The minimum atomic E-state index is -0.486. The predicted octanol–water partition coefficient (Wildman–Crippen LogP) is 1.75. The van der Waals surface area contributed by atoms with Gasteiger partial charge in [-0.3, -0.25) is 14.8 Å². The molecule has 0 aliphatic carbocycles. The number of ether oxygens (including phenoxy) is 1. The van der Waals surface area contributed by atoms with Crippen LogP contribution in [0.5, 0.6) is 0 Å². The van der Waals surface area contributed by atoms with Gasteiger partial charge in [-0.25, -0.2) is 4.79 Å². The lowest BCUT2D eigenvalue weighted by atomic mass is 10.1. The molecule has 0 saturated carbocycles. The van der Waals surface area contributed by atoms with Gasteiger partial charge in [0.15, 0.2) is 0 Å². The number of methoxy groups -OCH3 is 1. The summed E-state index contributed by atoms with van der Waals surface area (Å²) in [5.74, 6) is -0.796. The van der Waals surface area contributed by atoms with Gasteiger partial charge in [0.25, 0.3) is 5.91 Å². The largest absolute Gasteiger partial charge is 0.465 e. The molecule has 2 rings (SSSR count). The lowest BCUT2D eigenvalue weighted by molar-refractivity contribution is 0.0599. The van der Waals surface area contributed by atoms with Crippen LogP contribution in [0.15, 0.2) is 42.9 Å². The third-order valence-corrected chi connectivity index (χ3v) is 2.97. The predicted molar refractivity (Wildman–Crippen MR) is 75.7 cm³/mol. The van der Waals surface area contributed by atoms with E-state index in [0.717, 1.165) is 5.56 Å². The molecule has 0 aliphatic rings. The molecular formula is C15H15N3O3. The van der Waals surface area contributed by atoms with Crippen LogP contribution < -0.4 is 5.32 Å². The molecule has 1 N–H and O–H groups in total. The van der Waals surface area contributed by atoms with E-state index in [4.69, 9.17) is 0 Å². The van der Waals surface area contributed by atoms with Crippen molar-refractivity contribution in [3.8, 4) is 0 Å². The molecule has 108 valence electrons. The van der Waals surface area contributed by atoms with E-state index in [1.807, 2.05) is 19.1 Å². The van der Waals surface area contributed by atoms with Crippen molar-refractivity contribution in [1.82, 2.24) is 15.3 Å². The average Bonchev–Trinajstić information content (AvgIpc) is 2.55. The molecule has 0 aromatic carbocycles. The molecule has 6 heteroatoms. The minimum absolute atomic E-state index is 0.164. The van der Waals surface area contributed by atoms with Crippen LogP contribution in [0.3, 0.4) is 0 Å². The molecule has 0 saturated heterocycles. The number of nitrogens with one attached hydrogen (secondary N) is 1. The molecule has 1 amide bonds. The smallest absolute Gasteiger partial charge is 0.339 e. The van der Waals surface area contributed by atoms with E-state index in [9.17, 15) is 9.59 Å². The van der Waals surface area contributed by atoms with Gasteiger partial charge in [0.05, 0.1) is 18.7 Å². The summed E-state index contributed by atoms with van der Waals surface area (Å²) in [5.41, 5.74) is 1.49. The van der Waals surface area contributed by atoms with E-state index in [1.54, 1.807) is 12.4 Å². The van der Waals surface area contributed by atoms with Crippen LogP contribution in [0.1, 0.15) is 39.4 Å². The van der Waals surface area contributed by atoms with Gasteiger partial charge in [-0.2, -0.15) is 0 Å². The minimum Gasteiger partial charge on any atom is -0.465 e. The van der Waals surface area contributed by atoms with Gasteiger partial charge in [-0.15, -0.1) is 0 Å². The van der Waals surface area contributed by atoms with E-state index in [-0.39, 0.29) is 17.6 Å². The van der Waals surface area contributed by atoms with Crippen molar-refractivity contribution in [1.29, 1.82) is 0 Å². The zero-order valence-electron chi connectivity index (χ0n) is 11.7. The summed E-state index contributed by atoms with van der Waals surface area (Å²) in [6.07, 6.45) is 4.65. The molecule has 2 aromatic heterocycles. The molecular weight excluding hydrogens is 270 g/mol. The van der Waals surface area contributed by atoms with Crippen LogP contribution in [-0.4, -0.2) is 29.0 Å². The fourth-order valence-electron chi connectivity index (χ4n) is 1.77. The van der Waals surface area contributed by atoms with Gasteiger partial charge >= 0.3 is 5.97 Å². The molecule has 0 bridgehead atoms.